The van der Waals surface area contributed by atoms with Crippen molar-refractivity contribution in [3.63, 3.8) is 0 Å². The lowest BCUT2D eigenvalue weighted by atomic mass is 10.1. The van der Waals surface area contributed by atoms with Crippen molar-refractivity contribution in [2.24, 2.45) is 0 Å². The molecule has 0 aliphatic carbocycles. The molecule has 0 spiro atoms. The lowest BCUT2D eigenvalue weighted by Crippen LogP contribution is -2.36. The molecule has 21 heavy (non-hydrogen) atoms. The van der Waals surface area contributed by atoms with Crippen molar-refractivity contribution < 1.29 is 19.9 Å². The molecule has 112 valence electrons. The average molecular weight is 291 g/mol. The zero-order chi connectivity index (χ0) is 15.2. The Morgan fingerprint density at radius 3 is 2.81 bits per heavy atom. The van der Waals surface area contributed by atoms with Crippen LogP contribution in [-0.4, -0.2) is 41.4 Å². The van der Waals surface area contributed by atoms with Gasteiger partial charge in [0.25, 0.3) is 5.91 Å². The molecule has 1 atom stereocenters. The Bertz CT molecular complexity index is 559. The Morgan fingerprint density at radius 1 is 1.33 bits per heavy atom. The third-order valence-corrected chi connectivity index (χ3v) is 3.32. The summed E-state index contributed by atoms with van der Waals surface area (Å²) in [6, 6.07) is 7.41. The van der Waals surface area contributed by atoms with E-state index in [9.17, 15) is 9.59 Å². The molecule has 0 saturated carbocycles. The molecule has 0 radical (unpaired) electrons. The number of carbonyl (C=O) groups excluding carboxylic acids is 1. The van der Waals surface area contributed by atoms with E-state index < -0.39 is 12.0 Å². The first kappa shape index (κ1) is 14.9. The van der Waals surface area contributed by atoms with Crippen molar-refractivity contribution in [3.8, 4) is 0 Å². The molecular formula is C14H17N3O4. The van der Waals surface area contributed by atoms with E-state index in [0.29, 0.717) is 6.54 Å². The van der Waals surface area contributed by atoms with Gasteiger partial charge in [-0.15, -0.1) is 0 Å². The molecule has 1 unspecified atom stereocenters. The zero-order valence-corrected chi connectivity index (χ0v) is 11.3. The molecule has 1 heterocycles. The van der Waals surface area contributed by atoms with Crippen LogP contribution in [0.15, 0.2) is 30.3 Å². The maximum Gasteiger partial charge on any atom is 0.404 e. The molecule has 1 aromatic carbocycles. The summed E-state index contributed by atoms with van der Waals surface area (Å²) in [7, 11) is 0. The van der Waals surface area contributed by atoms with Crippen LogP contribution in [-0.2, 0) is 4.79 Å². The lowest BCUT2D eigenvalue weighted by Gasteiger charge is -2.21. The number of hydrogen-bond donors (Lipinski definition) is 4. The van der Waals surface area contributed by atoms with Crippen molar-refractivity contribution in [2.75, 3.05) is 18.0 Å². The molecule has 0 bridgehead atoms. The van der Waals surface area contributed by atoms with Gasteiger partial charge in [0.05, 0.1) is 6.04 Å². The fraction of sp³-hybridized carbons (Fsp3) is 0.286. The van der Waals surface area contributed by atoms with Gasteiger partial charge in [0, 0.05) is 24.9 Å². The Hall–Kier alpha value is -2.54. The zero-order valence-electron chi connectivity index (χ0n) is 11.3. The number of anilines is 1. The van der Waals surface area contributed by atoms with Crippen molar-refractivity contribution in [1.82, 2.24) is 10.8 Å². The maximum absolute atomic E-state index is 11.1. The first-order chi connectivity index (χ1) is 10.1. The summed E-state index contributed by atoms with van der Waals surface area (Å²) in [4.78, 5) is 23.8. The molecule has 7 heteroatoms. The number of amides is 2. The highest BCUT2D eigenvalue weighted by molar-refractivity contribution is 5.91. The summed E-state index contributed by atoms with van der Waals surface area (Å²) in [5.41, 5.74) is 3.29. The van der Waals surface area contributed by atoms with Crippen molar-refractivity contribution in [1.29, 1.82) is 0 Å². The van der Waals surface area contributed by atoms with Crippen molar-refractivity contribution >= 4 is 23.8 Å². The SMILES string of the molecule is O=C(O)NC1CCN(c2ccccc2C=CC(=O)NO)C1. The van der Waals surface area contributed by atoms with E-state index in [1.54, 1.807) is 6.08 Å². The number of nitrogens with zero attached hydrogens (tertiary/aromatic N) is 1. The van der Waals surface area contributed by atoms with Gasteiger partial charge in [-0.05, 0) is 24.1 Å². The molecule has 4 N–H and O–H groups in total. The van der Waals surface area contributed by atoms with Crippen LogP contribution in [0.1, 0.15) is 12.0 Å². The predicted molar refractivity (Wildman–Crippen MR) is 77.2 cm³/mol. The van der Waals surface area contributed by atoms with E-state index >= 15 is 0 Å². The van der Waals surface area contributed by atoms with Gasteiger partial charge in [0.15, 0.2) is 0 Å². The van der Waals surface area contributed by atoms with Crippen LogP contribution in [0, 0.1) is 0 Å². The topological polar surface area (TPSA) is 102 Å². The second kappa shape index (κ2) is 6.76. The highest BCUT2D eigenvalue weighted by atomic mass is 16.5. The molecule has 1 aliphatic heterocycles. The van der Waals surface area contributed by atoms with Crippen molar-refractivity contribution in [3.05, 3.63) is 35.9 Å². The molecule has 0 aromatic heterocycles. The third-order valence-electron chi connectivity index (χ3n) is 3.32. The average Bonchev–Trinajstić information content (AvgIpc) is 2.92. The first-order valence-electron chi connectivity index (χ1n) is 6.55. The fourth-order valence-corrected chi connectivity index (χ4v) is 2.39. The second-order valence-corrected chi connectivity index (χ2v) is 4.75. The number of carboxylic acid groups (broad SMARTS) is 1. The number of hydrogen-bond acceptors (Lipinski definition) is 4. The van der Waals surface area contributed by atoms with Crippen LogP contribution in [0.25, 0.3) is 6.08 Å². The first-order valence-corrected chi connectivity index (χ1v) is 6.55. The molecule has 7 nitrogen and oxygen atoms in total. The quantitative estimate of drug-likeness (QED) is 0.377. The van der Waals surface area contributed by atoms with E-state index in [4.69, 9.17) is 10.3 Å². The number of hydroxylamine groups is 1. The molecule has 1 aliphatic rings. The smallest absolute Gasteiger partial charge is 0.404 e. The number of rotatable bonds is 4. The minimum absolute atomic E-state index is 0.0970. The second-order valence-electron chi connectivity index (χ2n) is 4.75. The van der Waals surface area contributed by atoms with Crippen LogP contribution in [0.2, 0.25) is 0 Å². The van der Waals surface area contributed by atoms with E-state index in [-0.39, 0.29) is 6.04 Å². The highest BCUT2D eigenvalue weighted by Crippen LogP contribution is 2.25. The highest BCUT2D eigenvalue weighted by Gasteiger charge is 2.24. The van der Waals surface area contributed by atoms with Gasteiger partial charge in [0.1, 0.15) is 0 Å². The molecule has 1 saturated heterocycles. The van der Waals surface area contributed by atoms with Crippen LogP contribution >= 0.6 is 0 Å². The fourth-order valence-electron chi connectivity index (χ4n) is 2.39. The number of carbonyl (C=O) groups is 2. The van der Waals surface area contributed by atoms with Crippen LogP contribution in [0.3, 0.4) is 0 Å². The normalized spacial score (nSPS) is 18.0. The summed E-state index contributed by atoms with van der Waals surface area (Å²) in [6.07, 6.45) is 2.57. The standard InChI is InChI=1S/C14H17N3O4/c18-13(16-21)6-5-10-3-1-2-4-12(10)17-8-7-11(9-17)15-14(19)20/h1-6,11,15,21H,7-9H2,(H,16,18)(H,19,20). The third kappa shape index (κ3) is 3.96. The Labute approximate surface area is 121 Å². The molecule has 2 amide bonds. The molecule has 1 aromatic rings. The van der Waals surface area contributed by atoms with Crippen LogP contribution in [0.5, 0.6) is 0 Å². The monoisotopic (exact) mass is 291 g/mol. The molecule has 2 rings (SSSR count). The van der Waals surface area contributed by atoms with Gasteiger partial charge in [-0.2, -0.15) is 0 Å². The van der Waals surface area contributed by atoms with Crippen LogP contribution < -0.4 is 15.7 Å². The number of para-hydroxylation sites is 1. The van der Waals surface area contributed by atoms with Gasteiger partial charge in [-0.25, -0.2) is 10.3 Å². The van der Waals surface area contributed by atoms with Gasteiger partial charge in [-0.3, -0.25) is 10.0 Å². The van der Waals surface area contributed by atoms with Gasteiger partial charge in [-0.1, -0.05) is 18.2 Å². The lowest BCUT2D eigenvalue weighted by molar-refractivity contribution is -0.124. The predicted octanol–water partition coefficient (Wildman–Crippen LogP) is 1.05. The molecule has 1 fully saturated rings. The molecular weight excluding hydrogens is 274 g/mol. The van der Waals surface area contributed by atoms with E-state index in [1.165, 1.54) is 11.6 Å². The van der Waals surface area contributed by atoms with Crippen molar-refractivity contribution in [2.45, 2.75) is 12.5 Å². The largest absolute Gasteiger partial charge is 0.465 e. The summed E-state index contributed by atoms with van der Waals surface area (Å²) < 4.78 is 0. The van der Waals surface area contributed by atoms with E-state index in [0.717, 1.165) is 24.2 Å². The van der Waals surface area contributed by atoms with Gasteiger partial charge < -0.3 is 15.3 Å². The Morgan fingerprint density at radius 2 is 2.10 bits per heavy atom. The minimum atomic E-state index is -1.02. The maximum atomic E-state index is 11.1. The summed E-state index contributed by atoms with van der Waals surface area (Å²) in [5, 5.41) is 19.7. The van der Waals surface area contributed by atoms with E-state index in [1.807, 2.05) is 24.3 Å². The van der Waals surface area contributed by atoms with E-state index in [2.05, 4.69) is 10.2 Å². The minimum Gasteiger partial charge on any atom is -0.465 e. The number of nitrogens with one attached hydrogen (secondary N) is 2. The number of benzene rings is 1. The summed E-state index contributed by atoms with van der Waals surface area (Å²) >= 11 is 0. The summed E-state index contributed by atoms with van der Waals surface area (Å²) in [5.74, 6) is -0.600. The Kier molecular flexibility index (Phi) is 4.78. The summed E-state index contributed by atoms with van der Waals surface area (Å²) in [6.45, 7) is 1.32. The Balaban J connectivity index is 2.12. The van der Waals surface area contributed by atoms with Crippen LogP contribution in [0.4, 0.5) is 10.5 Å². The van der Waals surface area contributed by atoms with Gasteiger partial charge in [0.2, 0.25) is 0 Å². The van der Waals surface area contributed by atoms with Gasteiger partial charge >= 0.3 is 6.09 Å².